The van der Waals surface area contributed by atoms with Gasteiger partial charge in [0.05, 0.1) is 22.1 Å². The van der Waals surface area contributed by atoms with E-state index < -0.39 is 0 Å². The molecule has 0 amide bonds. The van der Waals surface area contributed by atoms with Crippen molar-refractivity contribution in [3.05, 3.63) is 218 Å². The Balaban J connectivity index is 1.17. The Morgan fingerprint density at radius 1 is 0.232 bits per heavy atom. The minimum absolute atomic E-state index is 1.13. The number of fused-ring (bicyclic) bond motifs is 6. The highest BCUT2D eigenvalue weighted by Crippen LogP contribution is 2.44. The maximum Gasteiger partial charge on any atom is 0.0562 e. The topological polar surface area (TPSA) is 9.86 Å². The van der Waals surface area contributed by atoms with Gasteiger partial charge in [-0.15, -0.1) is 0 Å². The molecule has 0 saturated heterocycles. The molecular formula is C54H36N2. The molecule has 0 unspecified atom stereocenters. The Labute approximate surface area is 325 Å². The first kappa shape index (κ1) is 32.0. The van der Waals surface area contributed by atoms with Gasteiger partial charge in [-0.2, -0.15) is 0 Å². The van der Waals surface area contributed by atoms with Crippen LogP contribution in [0.2, 0.25) is 0 Å². The van der Waals surface area contributed by atoms with Gasteiger partial charge < -0.3 is 9.13 Å². The highest BCUT2D eigenvalue weighted by Gasteiger charge is 2.20. The molecule has 0 aliphatic carbocycles. The summed E-state index contributed by atoms with van der Waals surface area (Å²) < 4.78 is 4.86. The number of nitrogens with zero attached hydrogens (tertiary/aromatic N) is 2. The lowest BCUT2D eigenvalue weighted by Crippen LogP contribution is -1.97. The lowest BCUT2D eigenvalue weighted by molar-refractivity contribution is 1.16. The Morgan fingerprint density at radius 2 is 0.661 bits per heavy atom. The molecule has 56 heavy (non-hydrogen) atoms. The molecule has 0 N–H and O–H groups in total. The van der Waals surface area contributed by atoms with Crippen molar-refractivity contribution in [1.29, 1.82) is 0 Å². The second kappa shape index (κ2) is 13.2. The Hall–Kier alpha value is -7.42. The monoisotopic (exact) mass is 712 g/mol. The summed E-state index contributed by atoms with van der Waals surface area (Å²) >= 11 is 0. The predicted octanol–water partition coefficient (Wildman–Crippen LogP) is 14.5. The van der Waals surface area contributed by atoms with Crippen molar-refractivity contribution in [3.8, 4) is 55.9 Å². The third-order valence-corrected chi connectivity index (χ3v) is 11.3. The van der Waals surface area contributed by atoms with Crippen LogP contribution in [-0.2, 0) is 0 Å². The summed E-state index contributed by atoms with van der Waals surface area (Å²) in [4.78, 5) is 0. The molecule has 2 heterocycles. The smallest absolute Gasteiger partial charge is 0.0562 e. The molecule has 0 bridgehead atoms. The van der Waals surface area contributed by atoms with E-state index in [2.05, 4.69) is 228 Å². The molecule has 0 atom stereocenters. The fourth-order valence-corrected chi connectivity index (χ4v) is 8.80. The summed E-state index contributed by atoms with van der Waals surface area (Å²) in [5, 5.41) is 5.01. The minimum atomic E-state index is 1.13. The maximum absolute atomic E-state index is 2.45. The second-order valence-electron chi connectivity index (χ2n) is 14.5. The van der Waals surface area contributed by atoms with Crippen molar-refractivity contribution < 1.29 is 0 Å². The number of rotatable bonds is 6. The van der Waals surface area contributed by atoms with Gasteiger partial charge in [0.15, 0.2) is 0 Å². The SMILES string of the molecule is c1ccc(-c2cc(-c3cccc(-n4c5ccccc5c5cc6c7ccccc7n(-c7ccccc7)c6cc54)c3)cc(-c3ccccc3)c2-c2ccccc2)cc1. The molecular weight excluding hydrogens is 677 g/mol. The summed E-state index contributed by atoms with van der Waals surface area (Å²) in [5.74, 6) is 0. The first-order chi connectivity index (χ1) is 27.8. The van der Waals surface area contributed by atoms with Crippen LogP contribution in [-0.4, -0.2) is 9.13 Å². The Morgan fingerprint density at radius 3 is 1.21 bits per heavy atom. The molecule has 11 aromatic rings. The van der Waals surface area contributed by atoms with E-state index in [-0.39, 0.29) is 0 Å². The van der Waals surface area contributed by atoms with Gasteiger partial charge in [0.2, 0.25) is 0 Å². The van der Waals surface area contributed by atoms with Crippen LogP contribution in [0.3, 0.4) is 0 Å². The molecule has 0 aliphatic heterocycles. The molecule has 2 aromatic heterocycles. The van der Waals surface area contributed by atoms with E-state index in [1.807, 2.05) is 0 Å². The van der Waals surface area contributed by atoms with E-state index in [9.17, 15) is 0 Å². The van der Waals surface area contributed by atoms with Crippen molar-refractivity contribution in [1.82, 2.24) is 9.13 Å². The molecule has 0 fully saturated rings. The van der Waals surface area contributed by atoms with Crippen LogP contribution < -0.4 is 0 Å². The van der Waals surface area contributed by atoms with Gasteiger partial charge in [0, 0.05) is 32.9 Å². The molecule has 0 radical (unpaired) electrons. The zero-order valence-corrected chi connectivity index (χ0v) is 30.7. The van der Waals surface area contributed by atoms with E-state index in [1.165, 1.54) is 88.1 Å². The molecule has 262 valence electrons. The van der Waals surface area contributed by atoms with Crippen LogP contribution in [0.5, 0.6) is 0 Å². The quantitative estimate of drug-likeness (QED) is 0.162. The Kier molecular flexibility index (Phi) is 7.53. The summed E-state index contributed by atoms with van der Waals surface area (Å²) in [6, 6.07) is 79.4. The zero-order valence-electron chi connectivity index (χ0n) is 30.7. The highest BCUT2D eigenvalue weighted by molar-refractivity contribution is 6.19. The zero-order chi connectivity index (χ0) is 37.0. The van der Waals surface area contributed by atoms with Gasteiger partial charge in [0.25, 0.3) is 0 Å². The van der Waals surface area contributed by atoms with Crippen LogP contribution in [0.1, 0.15) is 0 Å². The number of para-hydroxylation sites is 3. The highest BCUT2D eigenvalue weighted by atomic mass is 15.0. The normalized spacial score (nSPS) is 11.6. The van der Waals surface area contributed by atoms with E-state index in [1.54, 1.807) is 0 Å². The van der Waals surface area contributed by atoms with Crippen LogP contribution in [0.4, 0.5) is 0 Å². The van der Waals surface area contributed by atoms with Crippen LogP contribution in [0.25, 0.3) is 99.5 Å². The van der Waals surface area contributed by atoms with E-state index >= 15 is 0 Å². The van der Waals surface area contributed by atoms with Crippen LogP contribution in [0.15, 0.2) is 218 Å². The number of benzene rings is 9. The van der Waals surface area contributed by atoms with Crippen LogP contribution in [0, 0.1) is 0 Å². The summed E-state index contributed by atoms with van der Waals surface area (Å²) in [6.45, 7) is 0. The lowest BCUT2D eigenvalue weighted by atomic mass is 9.84. The molecule has 9 aromatic carbocycles. The molecule has 2 heteroatoms. The third kappa shape index (κ3) is 5.19. The Bertz CT molecular complexity index is 3150. The fourth-order valence-electron chi connectivity index (χ4n) is 8.80. The van der Waals surface area contributed by atoms with E-state index in [0.29, 0.717) is 0 Å². The van der Waals surface area contributed by atoms with Gasteiger partial charge in [-0.1, -0.05) is 158 Å². The number of hydrogen-bond acceptors (Lipinski definition) is 0. The first-order valence-corrected chi connectivity index (χ1v) is 19.3. The van der Waals surface area contributed by atoms with Crippen molar-refractivity contribution in [2.75, 3.05) is 0 Å². The van der Waals surface area contributed by atoms with Gasteiger partial charge in [-0.05, 0) is 105 Å². The molecule has 0 saturated carbocycles. The van der Waals surface area contributed by atoms with Crippen molar-refractivity contribution >= 4 is 43.6 Å². The van der Waals surface area contributed by atoms with Gasteiger partial charge >= 0.3 is 0 Å². The largest absolute Gasteiger partial charge is 0.309 e. The first-order valence-electron chi connectivity index (χ1n) is 19.3. The van der Waals surface area contributed by atoms with E-state index in [0.717, 1.165) is 11.4 Å². The van der Waals surface area contributed by atoms with Gasteiger partial charge in [-0.25, -0.2) is 0 Å². The molecule has 0 aliphatic rings. The fraction of sp³-hybridized carbons (Fsp3) is 0. The van der Waals surface area contributed by atoms with Gasteiger partial charge in [-0.3, -0.25) is 0 Å². The standard InChI is InChI=1S/C54H36N2/c1-5-18-37(19-6-1)46-33-41(34-47(38-20-7-2-8-21-38)54(46)39-22-9-3-10-23-39)40-24-17-27-43(32-40)56-51-31-16-14-29-45(51)49-35-48-44-28-13-15-30-50(44)55(52(48)36-53(49)56)42-25-11-4-12-26-42/h1-36H. The molecule has 11 rings (SSSR count). The summed E-state index contributed by atoms with van der Waals surface area (Å²) in [6.07, 6.45) is 0. The van der Waals surface area contributed by atoms with Crippen molar-refractivity contribution in [2.24, 2.45) is 0 Å². The van der Waals surface area contributed by atoms with Crippen molar-refractivity contribution in [2.45, 2.75) is 0 Å². The van der Waals surface area contributed by atoms with E-state index in [4.69, 9.17) is 0 Å². The van der Waals surface area contributed by atoms with Crippen LogP contribution >= 0.6 is 0 Å². The number of aromatic nitrogens is 2. The molecule has 0 spiro atoms. The summed E-state index contributed by atoms with van der Waals surface area (Å²) in [5.41, 5.74) is 16.7. The second-order valence-corrected chi connectivity index (χ2v) is 14.5. The molecule has 2 nitrogen and oxygen atoms in total. The van der Waals surface area contributed by atoms with Crippen molar-refractivity contribution in [3.63, 3.8) is 0 Å². The minimum Gasteiger partial charge on any atom is -0.309 e. The summed E-state index contributed by atoms with van der Waals surface area (Å²) in [7, 11) is 0. The predicted molar refractivity (Wildman–Crippen MR) is 237 cm³/mol. The van der Waals surface area contributed by atoms with Gasteiger partial charge in [0.1, 0.15) is 0 Å². The third-order valence-electron chi connectivity index (χ3n) is 11.3. The lowest BCUT2D eigenvalue weighted by Gasteiger charge is -2.19. The average molecular weight is 713 g/mol. The number of hydrogen-bond donors (Lipinski definition) is 0. The average Bonchev–Trinajstić information content (AvgIpc) is 3.78. The maximum atomic E-state index is 2.45.